The van der Waals surface area contributed by atoms with Crippen LogP contribution in [-0.2, 0) is 10.3 Å². The van der Waals surface area contributed by atoms with Gasteiger partial charge in [-0.3, -0.25) is 14.3 Å². The van der Waals surface area contributed by atoms with Gasteiger partial charge in [-0.05, 0) is 32.0 Å². The molecule has 7 rings (SSSR count). The molecule has 2 aliphatic carbocycles. The highest BCUT2D eigenvalue weighted by Gasteiger charge is 2.64. The van der Waals surface area contributed by atoms with Crippen molar-refractivity contribution in [2.24, 2.45) is 0 Å². The molecule has 0 radical (unpaired) electrons. The third-order valence-corrected chi connectivity index (χ3v) is 7.15. The van der Waals surface area contributed by atoms with Crippen LogP contribution in [0.5, 0.6) is 5.75 Å². The Balaban J connectivity index is 1.34. The number of hydrogen-bond donors (Lipinski definition) is 1. The van der Waals surface area contributed by atoms with Crippen LogP contribution >= 0.6 is 0 Å². The first-order valence-electron chi connectivity index (χ1n) is 11.8. The van der Waals surface area contributed by atoms with E-state index in [2.05, 4.69) is 5.32 Å². The van der Waals surface area contributed by atoms with Gasteiger partial charge in [-0.2, -0.15) is 5.10 Å². The van der Waals surface area contributed by atoms with Crippen molar-refractivity contribution < 1.29 is 23.0 Å². The number of benzene rings is 1. The minimum Gasteiger partial charge on any atom is -0.490 e. The quantitative estimate of drug-likeness (QED) is 0.552. The number of anilines is 1. The summed E-state index contributed by atoms with van der Waals surface area (Å²) in [6, 6.07) is 6.01. The summed E-state index contributed by atoms with van der Waals surface area (Å²) < 4.78 is 41.6. The van der Waals surface area contributed by atoms with Crippen LogP contribution in [0.25, 0.3) is 10.9 Å². The zero-order valence-electron chi connectivity index (χ0n) is 19.5. The second kappa shape index (κ2) is 7.61. The maximum absolute atomic E-state index is 13.5. The van der Waals surface area contributed by atoms with Crippen molar-refractivity contribution >= 4 is 22.5 Å². The Morgan fingerprint density at radius 1 is 1.37 bits per heavy atom. The van der Waals surface area contributed by atoms with E-state index in [4.69, 9.17) is 14.6 Å². The second-order valence-electron chi connectivity index (χ2n) is 10.2. The molecule has 3 aromatic rings. The topological polar surface area (TPSA) is 87.4 Å². The largest absolute Gasteiger partial charge is 0.490 e. The second-order valence-corrected chi connectivity index (χ2v) is 10.2. The van der Waals surface area contributed by atoms with Gasteiger partial charge in [-0.25, -0.2) is 8.78 Å². The van der Waals surface area contributed by atoms with E-state index in [9.17, 15) is 18.4 Å². The Bertz CT molecular complexity index is 1390. The first kappa shape index (κ1) is 22.2. The summed E-state index contributed by atoms with van der Waals surface area (Å²) in [6.07, 6.45) is 3.54. The molecule has 2 aliphatic heterocycles. The molecule has 2 saturated carbocycles. The summed E-state index contributed by atoms with van der Waals surface area (Å²) in [6.45, 7) is 3.58. The summed E-state index contributed by atoms with van der Waals surface area (Å²) in [5.74, 6) is -0.176. The highest BCUT2D eigenvalue weighted by atomic mass is 19.1. The van der Waals surface area contributed by atoms with Crippen LogP contribution in [-0.4, -0.2) is 51.4 Å². The molecule has 2 bridgehead atoms. The van der Waals surface area contributed by atoms with E-state index in [-0.39, 0.29) is 22.9 Å². The molecule has 4 fully saturated rings. The van der Waals surface area contributed by atoms with E-state index < -0.39 is 36.0 Å². The standard InChI is InChI=1S/C25H26F2N4O4/c1-14(2)35-21-8-19-15(9-31(29-19)24-10-25(11-24,12-26)34-13-24)6-16(21)22(32)28-18-4-3-5-30(23(18)33)20-7-17(20)27/h3-6,8-9,14,17,20H,7,10-13H2,1-2H3,(H,28,32). The molecule has 4 aliphatic rings. The normalized spacial score (nSPS) is 28.8. The van der Waals surface area contributed by atoms with Crippen LogP contribution in [0.15, 0.2) is 41.5 Å². The van der Waals surface area contributed by atoms with Crippen LogP contribution in [0, 0.1) is 0 Å². The summed E-state index contributed by atoms with van der Waals surface area (Å²) in [5.41, 5.74) is -0.558. The summed E-state index contributed by atoms with van der Waals surface area (Å²) in [7, 11) is 0. The monoisotopic (exact) mass is 484 g/mol. The predicted octanol–water partition coefficient (Wildman–Crippen LogP) is 3.75. The summed E-state index contributed by atoms with van der Waals surface area (Å²) >= 11 is 0. The fraction of sp³-hybridized carbons (Fsp3) is 0.480. The van der Waals surface area contributed by atoms with Gasteiger partial charge < -0.3 is 19.4 Å². The molecule has 1 N–H and O–H groups in total. The zero-order chi connectivity index (χ0) is 24.5. The van der Waals surface area contributed by atoms with Crippen molar-refractivity contribution in [2.45, 2.75) is 62.6 Å². The lowest BCUT2D eigenvalue weighted by Gasteiger charge is -2.42. The van der Waals surface area contributed by atoms with Crippen molar-refractivity contribution in [3.05, 3.63) is 52.6 Å². The Morgan fingerprint density at radius 3 is 2.80 bits per heavy atom. The van der Waals surface area contributed by atoms with E-state index in [0.717, 1.165) is 0 Å². The average Bonchev–Trinajstić information content (AvgIpc) is 3.16. The Hall–Kier alpha value is -3.27. The van der Waals surface area contributed by atoms with Crippen molar-refractivity contribution in [1.29, 1.82) is 0 Å². The van der Waals surface area contributed by atoms with Crippen molar-refractivity contribution in [1.82, 2.24) is 14.3 Å². The van der Waals surface area contributed by atoms with E-state index in [1.807, 2.05) is 24.7 Å². The molecule has 1 aromatic carbocycles. The maximum Gasteiger partial charge on any atom is 0.274 e. The highest BCUT2D eigenvalue weighted by molar-refractivity contribution is 6.08. The molecular weight excluding hydrogens is 458 g/mol. The molecule has 2 unspecified atom stereocenters. The van der Waals surface area contributed by atoms with Gasteiger partial charge in [0, 0.05) is 43.1 Å². The highest BCUT2D eigenvalue weighted by Crippen LogP contribution is 2.56. The number of nitrogens with one attached hydrogen (secondary N) is 1. The molecular formula is C25H26F2N4O4. The van der Waals surface area contributed by atoms with E-state index in [1.165, 1.54) is 16.8 Å². The lowest BCUT2D eigenvalue weighted by Crippen LogP contribution is -2.52. The lowest BCUT2D eigenvalue weighted by molar-refractivity contribution is -0.0336. The van der Waals surface area contributed by atoms with Gasteiger partial charge in [0.15, 0.2) is 0 Å². The number of carbonyl (C=O) groups is 1. The van der Waals surface area contributed by atoms with Crippen LogP contribution in [0.4, 0.5) is 14.5 Å². The van der Waals surface area contributed by atoms with Gasteiger partial charge in [-0.15, -0.1) is 0 Å². The van der Waals surface area contributed by atoms with Crippen LogP contribution in [0.3, 0.4) is 0 Å². The first-order chi connectivity index (χ1) is 16.7. The lowest BCUT2D eigenvalue weighted by atomic mass is 9.69. The number of alkyl halides is 2. The number of rotatable bonds is 7. The van der Waals surface area contributed by atoms with Crippen LogP contribution in [0.2, 0.25) is 0 Å². The number of aromatic nitrogens is 3. The summed E-state index contributed by atoms with van der Waals surface area (Å²) in [4.78, 5) is 26.1. The molecule has 1 amide bonds. The fourth-order valence-corrected chi connectivity index (χ4v) is 5.32. The molecule has 184 valence electrons. The molecule has 0 spiro atoms. The number of ether oxygens (including phenoxy) is 2. The maximum atomic E-state index is 13.5. The van der Waals surface area contributed by atoms with E-state index >= 15 is 0 Å². The molecule has 2 saturated heterocycles. The van der Waals surface area contributed by atoms with Gasteiger partial charge in [-0.1, -0.05) is 0 Å². The van der Waals surface area contributed by atoms with Crippen molar-refractivity contribution in [2.75, 3.05) is 18.6 Å². The number of nitrogens with zero attached hydrogens (tertiary/aromatic N) is 3. The first-order valence-corrected chi connectivity index (χ1v) is 11.8. The molecule has 8 nitrogen and oxygen atoms in total. The molecule has 2 atom stereocenters. The number of carbonyl (C=O) groups excluding carboxylic acids is 1. The number of fused-ring (bicyclic) bond motifs is 2. The van der Waals surface area contributed by atoms with Gasteiger partial charge in [0.1, 0.15) is 29.9 Å². The molecule has 10 heteroatoms. The number of amides is 1. The Morgan fingerprint density at radius 2 is 2.14 bits per heavy atom. The fourth-order valence-electron chi connectivity index (χ4n) is 5.32. The zero-order valence-corrected chi connectivity index (χ0v) is 19.5. The van der Waals surface area contributed by atoms with Crippen molar-refractivity contribution in [3.8, 4) is 5.75 Å². The van der Waals surface area contributed by atoms with Gasteiger partial charge in [0.2, 0.25) is 0 Å². The average molecular weight is 485 g/mol. The molecule has 2 aromatic heterocycles. The smallest absolute Gasteiger partial charge is 0.274 e. The molecule has 4 heterocycles. The SMILES string of the molecule is CC(C)Oc1cc2nn(C34COC(CF)(C3)C4)cc2cc1C(=O)Nc1cccn(C2CC2F)c1=O. The van der Waals surface area contributed by atoms with Gasteiger partial charge in [0.05, 0.1) is 35.4 Å². The summed E-state index contributed by atoms with van der Waals surface area (Å²) in [5, 5.41) is 8.08. The Kier molecular flexibility index (Phi) is 4.83. The third-order valence-electron chi connectivity index (χ3n) is 7.15. The number of hydrogen-bond acceptors (Lipinski definition) is 5. The van der Waals surface area contributed by atoms with Crippen LogP contribution < -0.4 is 15.6 Å². The molecule has 35 heavy (non-hydrogen) atoms. The predicted molar refractivity (Wildman–Crippen MR) is 125 cm³/mol. The van der Waals surface area contributed by atoms with Crippen molar-refractivity contribution in [3.63, 3.8) is 0 Å². The minimum absolute atomic E-state index is 0.0712. The van der Waals surface area contributed by atoms with E-state index in [1.54, 1.807) is 18.2 Å². The van der Waals surface area contributed by atoms with Gasteiger partial charge >= 0.3 is 0 Å². The number of pyridine rings is 1. The third kappa shape index (κ3) is 3.53. The van der Waals surface area contributed by atoms with Crippen LogP contribution in [0.1, 0.15) is 49.5 Å². The van der Waals surface area contributed by atoms with Gasteiger partial charge in [0.25, 0.3) is 11.5 Å². The number of halogens is 2. The van der Waals surface area contributed by atoms with E-state index in [0.29, 0.717) is 42.5 Å². The minimum atomic E-state index is -1.04. The Labute approximate surface area is 199 Å².